The summed E-state index contributed by atoms with van der Waals surface area (Å²) in [6.07, 6.45) is 5.16. The Hall–Kier alpha value is -0.380. The van der Waals surface area contributed by atoms with Gasteiger partial charge in [-0.1, -0.05) is 26.0 Å². The van der Waals surface area contributed by atoms with E-state index in [0.717, 1.165) is 19.3 Å². The minimum Gasteiger partial charge on any atom is -0.387 e. The lowest BCUT2D eigenvalue weighted by Gasteiger charge is -2.43. The van der Waals surface area contributed by atoms with Crippen LogP contribution in [0.4, 0.5) is 0 Å². The normalized spacial score (nSPS) is 55.7. The van der Waals surface area contributed by atoms with Crippen LogP contribution in [0.5, 0.6) is 0 Å². The molecule has 1 N–H and O–H groups in total. The Morgan fingerprint density at radius 1 is 1.26 bits per heavy atom. The number of hydrogen-bond donors (Lipinski definition) is 1. The van der Waals surface area contributed by atoms with Crippen molar-refractivity contribution in [2.24, 2.45) is 23.7 Å². The fourth-order valence-electron chi connectivity index (χ4n) is 6.09. The average Bonchev–Trinajstić information content (AvgIpc) is 3.02. The fraction of sp³-hybridized carbons (Fsp3) is 0.900. The van der Waals surface area contributed by atoms with Crippen molar-refractivity contribution in [2.75, 3.05) is 0 Å². The Labute approximate surface area is 140 Å². The zero-order valence-corrected chi connectivity index (χ0v) is 15.0. The first-order chi connectivity index (χ1) is 10.7. The molecule has 4 rings (SSSR count). The molecule has 1 aliphatic carbocycles. The van der Waals surface area contributed by atoms with Crippen LogP contribution in [-0.4, -0.2) is 34.6 Å². The molecule has 0 aromatic heterocycles. The van der Waals surface area contributed by atoms with Gasteiger partial charge in [0.2, 0.25) is 0 Å². The SMILES string of the molecule is C=C1CC[C@H](C(C)C)[C@@H]2[C@H]1[C@H]1C[C@](C)(O)[C@H]3CC[C@](C)(O3)[C@@H]2O1. The van der Waals surface area contributed by atoms with E-state index < -0.39 is 5.60 Å². The Bertz CT molecular complexity index is 511. The minimum absolute atomic E-state index is 0.0488. The number of fused-ring (bicyclic) bond motifs is 8. The van der Waals surface area contributed by atoms with Crippen molar-refractivity contribution in [3.63, 3.8) is 0 Å². The van der Waals surface area contributed by atoms with E-state index in [1.165, 1.54) is 12.0 Å². The molecule has 23 heavy (non-hydrogen) atoms. The highest BCUT2D eigenvalue weighted by atomic mass is 16.6. The molecule has 8 atom stereocenters. The molecule has 0 spiro atoms. The second-order valence-electron chi connectivity index (χ2n) is 9.32. The molecule has 0 aromatic carbocycles. The van der Waals surface area contributed by atoms with Crippen molar-refractivity contribution >= 4 is 0 Å². The Morgan fingerprint density at radius 2 is 2.00 bits per heavy atom. The van der Waals surface area contributed by atoms with E-state index in [4.69, 9.17) is 9.47 Å². The summed E-state index contributed by atoms with van der Waals surface area (Å²) in [5.41, 5.74) is 0.293. The molecule has 0 unspecified atom stereocenters. The van der Waals surface area contributed by atoms with Gasteiger partial charge in [-0.2, -0.15) is 0 Å². The average molecular weight is 320 g/mol. The van der Waals surface area contributed by atoms with Crippen LogP contribution in [0, 0.1) is 23.7 Å². The molecule has 0 amide bonds. The quantitative estimate of drug-likeness (QED) is 0.749. The summed E-state index contributed by atoms with van der Waals surface area (Å²) in [6, 6.07) is 0. The van der Waals surface area contributed by atoms with Gasteiger partial charge in [-0.3, -0.25) is 0 Å². The highest BCUT2D eigenvalue weighted by Gasteiger charge is 2.63. The van der Waals surface area contributed by atoms with Crippen LogP contribution in [0.15, 0.2) is 12.2 Å². The van der Waals surface area contributed by atoms with E-state index in [-0.39, 0.29) is 23.9 Å². The highest BCUT2D eigenvalue weighted by molar-refractivity contribution is 5.20. The van der Waals surface area contributed by atoms with E-state index >= 15 is 0 Å². The third-order valence-electron chi connectivity index (χ3n) is 7.33. The number of ether oxygens (including phenoxy) is 2. The Kier molecular flexibility index (Phi) is 3.54. The number of hydrogen-bond acceptors (Lipinski definition) is 3. The molecule has 130 valence electrons. The molecule has 3 heterocycles. The van der Waals surface area contributed by atoms with E-state index in [1.807, 2.05) is 6.92 Å². The van der Waals surface area contributed by atoms with Crippen molar-refractivity contribution in [3.05, 3.63) is 12.2 Å². The van der Waals surface area contributed by atoms with Gasteiger partial charge in [-0.15, -0.1) is 0 Å². The molecule has 3 nitrogen and oxygen atoms in total. The van der Waals surface area contributed by atoms with Gasteiger partial charge in [-0.25, -0.2) is 0 Å². The Morgan fingerprint density at radius 3 is 2.70 bits per heavy atom. The summed E-state index contributed by atoms with van der Waals surface area (Å²) in [4.78, 5) is 0. The van der Waals surface area contributed by atoms with E-state index in [9.17, 15) is 5.11 Å². The van der Waals surface area contributed by atoms with Crippen LogP contribution in [0.3, 0.4) is 0 Å². The summed E-state index contributed by atoms with van der Waals surface area (Å²) in [5.74, 6) is 2.22. The molecule has 4 bridgehead atoms. The second kappa shape index (κ2) is 5.06. The molecule has 4 fully saturated rings. The molecule has 3 saturated heterocycles. The largest absolute Gasteiger partial charge is 0.387 e. The monoisotopic (exact) mass is 320 g/mol. The van der Waals surface area contributed by atoms with Crippen molar-refractivity contribution in [1.29, 1.82) is 0 Å². The summed E-state index contributed by atoms with van der Waals surface area (Å²) >= 11 is 0. The van der Waals surface area contributed by atoms with Gasteiger partial charge in [0.15, 0.2) is 0 Å². The highest BCUT2D eigenvalue weighted by Crippen LogP contribution is 2.58. The lowest BCUT2D eigenvalue weighted by atomic mass is 9.61. The minimum atomic E-state index is -0.798. The van der Waals surface area contributed by atoms with Gasteiger partial charge in [0, 0.05) is 12.3 Å². The maximum absolute atomic E-state index is 11.0. The van der Waals surface area contributed by atoms with Crippen molar-refractivity contribution < 1.29 is 14.6 Å². The third-order valence-corrected chi connectivity index (χ3v) is 7.33. The van der Waals surface area contributed by atoms with Gasteiger partial charge in [-0.05, 0) is 57.3 Å². The van der Waals surface area contributed by atoms with E-state index in [1.54, 1.807) is 0 Å². The first-order valence-corrected chi connectivity index (χ1v) is 9.46. The number of rotatable bonds is 1. The van der Waals surface area contributed by atoms with Crippen LogP contribution in [-0.2, 0) is 9.47 Å². The third kappa shape index (κ3) is 2.26. The lowest BCUT2D eigenvalue weighted by Crippen LogP contribution is -2.50. The second-order valence-corrected chi connectivity index (χ2v) is 9.32. The van der Waals surface area contributed by atoms with E-state index in [2.05, 4.69) is 27.4 Å². The molecule has 3 heteroatoms. The predicted octanol–water partition coefficient (Wildman–Crippen LogP) is 3.70. The fourth-order valence-corrected chi connectivity index (χ4v) is 6.09. The van der Waals surface area contributed by atoms with Gasteiger partial charge in [0.05, 0.1) is 29.5 Å². The van der Waals surface area contributed by atoms with Crippen molar-refractivity contribution in [3.8, 4) is 0 Å². The molecule has 0 radical (unpaired) electrons. The molecular formula is C20H32O3. The number of aliphatic hydroxyl groups is 1. The maximum atomic E-state index is 11.0. The zero-order chi connectivity index (χ0) is 16.6. The van der Waals surface area contributed by atoms with Gasteiger partial charge in [0.1, 0.15) is 0 Å². The van der Waals surface area contributed by atoms with Crippen LogP contribution < -0.4 is 0 Å². The lowest BCUT2D eigenvalue weighted by molar-refractivity contribution is -0.207. The molecule has 0 aromatic rings. The predicted molar refractivity (Wildman–Crippen MR) is 90.1 cm³/mol. The van der Waals surface area contributed by atoms with Crippen LogP contribution in [0.1, 0.15) is 59.8 Å². The van der Waals surface area contributed by atoms with Gasteiger partial charge in [0.25, 0.3) is 0 Å². The molecule has 4 aliphatic rings. The summed E-state index contributed by atoms with van der Waals surface area (Å²) in [7, 11) is 0. The standard InChI is InChI=1S/C20H32O3/c1-11(2)13-7-6-12(3)16-14-10-19(4,21)15-8-9-20(5,23-15)18(22-14)17(13)16/h11,13-18,21H,3,6-10H2,1-2,4-5H3/t13-,14-,15-,16-,17-,18-,19+,20+/m1/s1. The maximum Gasteiger partial charge on any atom is 0.0924 e. The topological polar surface area (TPSA) is 38.7 Å². The van der Waals surface area contributed by atoms with Crippen LogP contribution >= 0.6 is 0 Å². The van der Waals surface area contributed by atoms with Crippen LogP contribution in [0.25, 0.3) is 0 Å². The zero-order valence-electron chi connectivity index (χ0n) is 15.0. The smallest absolute Gasteiger partial charge is 0.0924 e. The first kappa shape index (κ1) is 16.1. The van der Waals surface area contributed by atoms with Crippen molar-refractivity contribution in [1.82, 2.24) is 0 Å². The summed E-state index contributed by atoms with van der Waals surface area (Å²) in [6.45, 7) is 13.2. The van der Waals surface area contributed by atoms with E-state index in [0.29, 0.717) is 30.1 Å². The van der Waals surface area contributed by atoms with Gasteiger partial charge < -0.3 is 14.6 Å². The molecular weight excluding hydrogens is 288 g/mol. The molecule has 1 saturated carbocycles. The van der Waals surface area contributed by atoms with Gasteiger partial charge >= 0.3 is 0 Å². The first-order valence-electron chi connectivity index (χ1n) is 9.46. The summed E-state index contributed by atoms with van der Waals surface area (Å²) in [5, 5.41) is 11.0. The molecule has 3 aliphatic heterocycles. The summed E-state index contributed by atoms with van der Waals surface area (Å²) < 4.78 is 13.1. The van der Waals surface area contributed by atoms with Crippen molar-refractivity contribution in [2.45, 2.75) is 89.3 Å². The van der Waals surface area contributed by atoms with Crippen LogP contribution in [0.2, 0.25) is 0 Å². The Balaban J connectivity index is 1.78.